The van der Waals surface area contributed by atoms with Gasteiger partial charge in [-0.3, -0.25) is 4.99 Å². The summed E-state index contributed by atoms with van der Waals surface area (Å²) in [6, 6.07) is 13.7. The van der Waals surface area contributed by atoms with E-state index in [9.17, 15) is 5.11 Å². The molecular weight excluding hydrogens is 246 g/mol. The van der Waals surface area contributed by atoms with E-state index >= 15 is 0 Å². The Morgan fingerprint density at radius 2 is 1.80 bits per heavy atom. The molecule has 2 rings (SSSR count). The number of rotatable bonds is 2. The SMILES string of the molecule is Cc1cccc(/C=N/c2cc(C(C)(C)C)ccc2O)c1. The van der Waals surface area contributed by atoms with E-state index in [2.05, 4.69) is 44.8 Å². The predicted molar refractivity (Wildman–Crippen MR) is 85.2 cm³/mol. The third-order valence-corrected chi connectivity index (χ3v) is 3.24. The molecule has 0 saturated carbocycles. The molecule has 2 aromatic carbocycles. The largest absolute Gasteiger partial charge is 0.506 e. The highest BCUT2D eigenvalue weighted by atomic mass is 16.3. The van der Waals surface area contributed by atoms with E-state index in [4.69, 9.17) is 0 Å². The molecule has 0 saturated heterocycles. The Hall–Kier alpha value is -2.09. The van der Waals surface area contributed by atoms with Crippen molar-refractivity contribution in [3.8, 4) is 5.75 Å². The summed E-state index contributed by atoms with van der Waals surface area (Å²) in [5.41, 5.74) is 4.04. The average Bonchev–Trinajstić information content (AvgIpc) is 2.36. The first kappa shape index (κ1) is 14.3. The number of hydrogen-bond acceptors (Lipinski definition) is 2. The Labute approximate surface area is 120 Å². The molecule has 0 aliphatic rings. The van der Waals surface area contributed by atoms with E-state index in [1.54, 1.807) is 12.3 Å². The Morgan fingerprint density at radius 1 is 1.05 bits per heavy atom. The molecule has 0 heterocycles. The van der Waals surface area contributed by atoms with Crippen molar-refractivity contribution in [3.05, 3.63) is 59.2 Å². The summed E-state index contributed by atoms with van der Waals surface area (Å²) >= 11 is 0. The molecule has 20 heavy (non-hydrogen) atoms. The summed E-state index contributed by atoms with van der Waals surface area (Å²) in [4.78, 5) is 4.42. The van der Waals surface area contributed by atoms with Crippen molar-refractivity contribution in [1.82, 2.24) is 0 Å². The van der Waals surface area contributed by atoms with Gasteiger partial charge in [-0.1, -0.05) is 56.7 Å². The van der Waals surface area contributed by atoms with Crippen LogP contribution in [0, 0.1) is 6.92 Å². The minimum Gasteiger partial charge on any atom is -0.506 e. The number of aliphatic imine (C=N–C) groups is 1. The monoisotopic (exact) mass is 267 g/mol. The first-order valence-corrected chi connectivity index (χ1v) is 6.80. The Morgan fingerprint density at radius 3 is 2.45 bits per heavy atom. The highest BCUT2D eigenvalue weighted by molar-refractivity contribution is 5.83. The molecule has 1 N–H and O–H groups in total. The van der Waals surface area contributed by atoms with E-state index in [1.807, 2.05) is 24.3 Å². The molecule has 0 fully saturated rings. The number of aryl methyl sites for hydroxylation is 1. The van der Waals surface area contributed by atoms with Crippen molar-refractivity contribution in [2.75, 3.05) is 0 Å². The minimum atomic E-state index is 0.0430. The second-order valence-corrected chi connectivity index (χ2v) is 6.13. The van der Waals surface area contributed by atoms with Crippen LogP contribution in [0.3, 0.4) is 0 Å². The molecule has 0 aliphatic heterocycles. The lowest BCUT2D eigenvalue weighted by molar-refractivity contribution is 0.475. The Balaban J connectivity index is 2.33. The lowest BCUT2D eigenvalue weighted by Gasteiger charge is -2.19. The van der Waals surface area contributed by atoms with Gasteiger partial charge in [-0.05, 0) is 35.6 Å². The molecule has 0 radical (unpaired) electrons. The number of aromatic hydroxyl groups is 1. The Bertz CT molecular complexity index is 636. The maximum absolute atomic E-state index is 9.92. The van der Waals surface area contributed by atoms with Gasteiger partial charge in [0, 0.05) is 6.21 Å². The van der Waals surface area contributed by atoms with Gasteiger partial charge in [-0.15, -0.1) is 0 Å². The van der Waals surface area contributed by atoms with Crippen molar-refractivity contribution >= 4 is 11.9 Å². The number of nitrogens with zero attached hydrogens (tertiary/aromatic N) is 1. The number of phenolic OH excluding ortho intramolecular Hbond substituents is 1. The quantitative estimate of drug-likeness (QED) is 0.782. The van der Waals surface area contributed by atoms with Crippen LogP contribution in [0.1, 0.15) is 37.5 Å². The van der Waals surface area contributed by atoms with Gasteiger partial charge in [0.25, 0.3) is 0 Å². The molecule has 0 spiro atoms. The molecule has 104 valence electrons. The van der Waals surface area contributed by atoms with Crippen LogP contribution < -0.4 is 0 Å². The smallest absolute Gasteiger partial charge is 0.141 e. The average molecular weight is 267 g/mol. The van der Waals surface area contributed by atoms with Crippen LogP contribution in [0.25, 0.3) is 0 Å². The first-order chi connectivity index (χ1) is 9.36. The van der Waals surface area contributed by atoms with Gasteiger partial charge in [0.2, 0.25) is 0 Å². The van der Waals surface area contributed by atoms with Gasteiger partial charge < -0.3 is 5.11 Å². The molecule has 0 aliphatic carbocycles. The van der Waals surface area contributed by atoms with Gasteiger partial charge in [0.1, 0.15) is 11.4 Å². The van der Waals surface area contributed by atoms with Gasteiger partial charge in [0.15, 0.2) is 0 Å². The maximum Gasteiger partial charge on any atom is 0.141 e. The van der Waals surface area contributed by atoms with Crippen LogP contribution in [-0.2, 0) is 5.41 Å². The molecule has 0 atom stereocenters. The summed E-state index contributed by atoms with van der Waals surface area (Å²) < 4.78 is 0. The summed E-state index contributed by atoms with van der Waals surface area (Å²) in [5, 5.41) is 9.92. The van der Waals surface area contributed by atoms with Crippen molar-refractivity contribution in [3.63, 3.8) is 0 Å². The fraction of sp³-hybridized carbons (Fsp3) is 0.278. The van der Waals surface area contributed by atoms with Crippen LogP contribution in [0.2, 0.25) is 0 Å². The molecule has 0 bridgehead atoms. The van der Waals surface area contributed by atoms with Crippen LogP contribution in [0.4, 0.5) is 5.69 Å². The topological polar surface area (TPSA) is 32.6 Å². The number of hydrogen-bond donors (Lipinski definition) is 1. The third kappa shape index (κ3) is 3.47. The predicted octanol–water partition coefficient (Wildman–Crippen LogP) is 4.75. The number of phenols is 1. The lowest BCUT2D eigenvalue weighted by atomic mass is 9.87. The van der Waals surface area contributed by atoms with Gasteiger partial charge in [-0.2, -0.15) is 0 Å². The lowest BCUT2D eigenvalue weighted by Crippen LogP contribution is -2.10. The fourth-order valence-corrected chi connectivity index (χ4v) is 1.99. The molecule has 0 unspecified atom stereocenters. The fourth-order valence-electron chi connectivity index (χ4n) is 1.99. The molecule has 2 heteroatoms. The highest BCUT2D eigenvalue weighted by Gasteiger charge is 2.14. The van der Waals surface area contributed by atoms with Crippen molar-refractivity contribution < 1.29 is 5.11 Å². The molecular formula is C18H21NO. The van der Waals surface area contributed by atoms with Crippen LogP contribution in [0.15, 0.2) is 47.5 Å². The highest BCUT2D eigenvalue weighted by Crippen LogP contribution is 2.32. The Kier molecular flexibility index (Phi) is 3.93. The van der Waals surface area contributed by atoms with E-state index < -0.39 is 0 Å². The van der Waals surface area contributed by atoms with E-state index in [1.165, 1.54) is 5.56 Å². The normalized spacial score (nSPS) is 12.0. The second kappa shape index (κ2) is 5.49. The molecule has 0 aromatic heterocycles. The van der Waals surface area contributed by atoms with Gasteiger partial charge >= 0.3 is 0 Å². The summed E-state index contributed by atoms with van der Waals surface area (Å²) in [6.45, 7) is 8.49. The zero-order valence-electron chi connectivity index (χ0n) is 12.5. The van der Waals surface area contributed by atoms with Crippen LogP contribution in [-0.4, -0.2) is 11.3 Å². The van der Waals surface area contributed by atoms with Gasteiger partial charge in [0.05, 0.1) is 0 Å². The van der Waals surface area contributed by atoms with Crippen molar-refractivity contribution in [1.29, 1.82) is 0 Å². The van der Waals surface area contributed by atoms with E-state index in [-0.39, 0.29) is 11.2 Å². The van der Waals surface area contributed by atoms with E-state index in [0.717, 1.165) is 11.1 Å². The third-order valence-electron chi connectivity index (χ3n) is 3.24. The molecule has 2 aromatic rings. The minimum absolute atomic E-state index is 0.0430. The van der Waals surface area contributed by atoms with E-state index in [0.29, 0.717) is 5.69 Å². The van der Waals surface area contributed by atoms with Crippen LogP contribution in [0.5, 0.6) is 5.75 Å². The summed E-state index contributed by atoms with van der Waals surface area (Å²) in [7, 11) is 0. The van der Waals surface area contributed by atoms with Crippen LogP contribution >= 0.6 is 0 Å². The molecule has 2 nitrogen and oxygen atoms in total. The summed E-state index contributed by atoms with van der Waals surface area (Å²) in [5.74, 6) is 0.210. The van der Waals surface area contributed by atoms with Crippen molar-refractivity contribution in [2.45, 2.75) is 33.1 Å². The number of benzene rings is 2. The molecule has 0 amide bonds. The summed E-state index contributed by atoms with van der Waals surface area (Å²) in [6.07, 6.45) is 1.79. The zero-order valence-corrected chi connectivity index (χ0v) is 12.5. The van der Waals surface area contributed by atoms with Gasteiger partial charge in [-0.25, -0.2) is 0 Å². The zero-order chi connectivity index (χ0) is 14.8. The van der Waals surface area contributed by atoms with Crippen molar-refractivity contribution in [2.24, 2.45) is 4.99 Å². The standard InChI is InChI=1S/C18H21NO/c1-13-6-5-7-14(10-13)12-19-16-11-15(18(2,3)4)8-9-17(16)20/h5-12,20H,1-4H3/b19-12+. The maximum atomic E-state index is 9.92. The first-order valence-electron chi connectivity index (χ1n) is 6.80. The second-order valence-electron chi connectivity index (χ2n) is 6.13.